The van der Waals surface area contributed by atoms with Crippen LogP contribution in [0.25, 0.3) is 11.6 Å². The molecular weight excluding hydrogens is 401 g/mol. The minimum absolute atomic E-state index is 0.0300. The first kappa shape index (κ1) is 21.2. The summed E-state index contributed by atoms with van der Waals surface area (Å²) < 4.78 is 43.9. The molecular formula is C20H17F3N4O3. The standard InChI is InChI=1S/C20H17F3N4O3/c1-11(13-5-4-12(20(21,22)23)9-16(13)30-2)8-15(28)14-10-17(29)27-19(26-14)18-24-6-3-7-25-18/h3-7,9-11H,8H2,1-2H3,(H,26,27,29)/t11-/m0/s1. The van der Waals surface area contributed by atoms with Crippen LogP contribution < -0.4 is 10.3 Å². The van der Waals surface area contributed by atoms with Gasteiger partial charge in [-0.1, -0.05) is 13.0 Å². The lowest BCUT2D eigenvalue weighted by molar-refractivity contribution is -0.137. The Kier molecular flexibility index (Phi) is 5.95. The number of nitrogens with one attached hydrogen (secondary N) is 1. The van der Waals surface area contributed by atoms with E-state index in [9.17, 15) is 22.8 Å². The van der Waals surface area contributed by atoms with Gasteiger partial charge in [0.1, 0.15) is 11.4 Å². The average molecular weight is 418 g/mol. The summed E-state index contributed by atoms with van der Waals surface area (Å²) in [6.07, 6.45) is -1.66. The van der Waals surface area contributed by atoms with Crippen molar-refractivity contribution < 1.29 is 22.7 Å². The third-order valence-electron chi connectivity index (χ3n) is 4.39. The fourth-order valence-electron chi connectivity index (χ4n) is 2.91. The molecule has 0 radical (unpaired) electrons. The molecule has 1 aromatic carbocycles. The summed E-state index contributed by atoms with van der Waals surface area (Å²) in [6, 6.07) is 5.77. The van der Waals surface area contributed by atoms with Gasteiger partial charge in [0, 0.05) is 24.9 Å². The fourth-order valence-corrected chi connectivity index (χ4v) is 2.91. The number of alkyl halides is 3. The molecule has 3 rings (SSSR count). The number of ketones is 1. The van der Waals surface area contributed by atoms with Gasteiger partial charge in [0.05, 0.1) is 12.7 Å². The van der Waals surface area contributed by atoms with Crippen molar-refractivity contribution in [2.45, 2.75) is 25.4 Å². The molecule has 0 saturated heterocycles. The number of aromatic amines is 1. The van der Waals surface area contributed by atoms with Gasteiger partial charge in [-0.3, -0.25) is 9.59 Å². The molecule has 0 unspecified atom stereocenters. The third-order valence-corrected chi connectivity index (χ3v) is 4.39. The average Bonchev–Trinajstić information content (AvgIpc) is 2.72. The molecule has 2 heterocycles. The van der Waals surface area contributed by atoms with Gasteiger partial charge in [0.25, 0.3) is 5.56 Å². The summed E-state index contributed by atoms with van der Waals surface area (Å²) >= 11 is 0. The van der Waals surface area contributed by atoms with Crippen LogP contribution in [0.3, 0.4) is 0 Å². The van der Waals surface area contributed by atoms with Gasteiger partial charge in [-0.05, 0) is 29.7 Å². The largest absolute Gasteiger partial charge is 0.496 e. The summed E-state index contributed by atoms with van der Waals surface area (Å²) in [5.41, 5.74) is -1.03. The van der Waals surface area contributed by atoms with Crippen LogP contribution in [0.15, 0.2) is 47.5 Å². The highest BCUT2D eigenvalue weighted by molar-refractivity contribution is 5.95. The van der Waals surface area contributed by atoms with E-state index in [1.54, 1.807) is 13.0 Å². The summed E-state index contributed by atoms with van der Waals surface area (Å²) in [6.45, 7) is 1.68. The number of carbonyl (C=O) groups is 1. The zero-order valence-corrected chi connectivity index (χ0v) is 16.0. The number of carbonyl (C=O) groups excluding carboxylic acids is 1. The quantitative estimate of drug-likeness (QED) is 0.614. The van der Waals surface area contributed by atoms with Crippen molar-refractivity contribution in [1.29, 1.82) is 0 Å². The van der Waals surface area contributed by atoms with Crippen LogP contribution in [0, 0.1) is 0 Å². The minimum Gasteiger partial charge on any atom is -0.496 e. The Morgan fingerprint density at radius 1 is 1.20 bits per heavy atom. The number of halogens is 3. The van der Waals surface area contributed by atoms with E-state index in [1.165, 1.54) is 25.6 Å². The second kappa shape index (κ2) is 8.44. The lowest BCUT2D eigenvalue weighted by Gasteiger charge is -2.17. The molecule has 0 amide bonds. The van der Waals surface area contributed by atoms with Gasteiger partial charge in [0.2, 0.25) is 0 Å². The van der Waals surface area contributed by atoms with E-state index in [4.69, 9.17) is 4.74 Å². The molecule has 2 aromatic heterocycles. The van der Waals surface area contributed by atoms with Crippen LogP contribution in [-0.4, -0.2) is 32.8 Å². The smallest absolute Gasteiger partial charge is 0.416 e. The Hall–Kier alpha value is -3.56. The molecule has 0 spiro atoms. The van der Waals surface area contributed by atoms with Gasteiger partial charge in [-0.25, -0.2) is 15.0 Å². The first-order chi connectivity index (χ1) is 14.2. The number of rotatable bonds is 6. The van der Waals surface area contributed by atoms with E-state index >= 15 is 0 Å². The molecule has 0 saturated carbocycles. The number of nitrogens with zero attached hydrogens (tertiary/aromatic N) is 3. The minimum atomic E-state index is -4.50. The second-order valence-electron chi connectivity index (χ2n) is 6.53. The SMILES string of the molecule is COc1cc(C(F)(F)F)ccc1[C@@H](C)CC(=O)c1cc(=O)[nH]c(-c2ncccn2)n1. The molecule has 0 fully saturated rings. The molecule has 1 N–H and O–H groups in total. The second-order valence-corrected chi connectivity index (χ2v) is 6.53. The number of hydrogen-bond acceptors (Lipinski definition) is 6. The Bertz CT molecular complexity index is 1110. The number of methoxy groups -OCH3 is 1. The van der Waals surface area contributed by atoms with Gasteiger partial charge < -0.3 is 9.72 Å². The van der Waals surface area contributed by atoms with Crippen molar-refractivity contribution in [3.05, 3.63) is 69.9 Å². The van der Waals surface area contributed by atoms with Gasteiger partial charge in [-0.15, -0.1) is 0 Å². The number of aromatic nitrogens is 4. The summed E-state index contributed by atoms with van der Waals surface area (Å²) in [4.78, 5) is 39.2. The first-order valence-corrected chi connectivity index (χ1v) is 8.86. The zero-order chi connectivity index (χ0) is 21.9. The van der Waals surface area contributed by atoms with Crippen molar-refractivity contribution in [2.75, 3.05) is 7.11 Å². The molecule has 10 heteroatoms. The predicted octanol–water partition coefficient (Wildman–Crippen LogP) is 3.63. The van der Waals surface area contributed by atoms with Gasteiger partial charge >= 0.3 is 6.18 Å². The van der Waals surface area contributed by atoms with Crippen LogP contribution in [0.5, 0.6) is 5.75 Å². The topological polar surface area (TPSA) is 97.8 Å². The van der Waals surface area contributed by atoms with E-state index in [-0.39, 0.29) is 29.5 Å². The molecule has 156 valence electrons. The van der Waals surface area contributed by atoms with E-state index in [2.05, 4.69) is 19.9 Å². The molecule has 1 atom stereocenters. The van der Waals surface area contributed by atoms with Gasteiger partial charge in [-0.2, -0.15) is 13.2 Å². The zero-order valence-electron chi connectivity index (χ0n) is 16.0. The molecule has 0 bridgehead atoms. The third kappa shape index (κ3) is 4.70. The summed E-state index contributed by atoms with van der Waals surface area (Å²) in [5.74, 6) is -0.699. The molecule has 7 nitrogen and oxygen atoms in total. The molecule has 0 aliphatic rings. The van der Waals surface area contributed by atoms with Crippen molar-refractivity contribution >= 4 is 5.78 Å². The lowest BCUT2D eigenvalue weighted by Crippen LogP contribution is -2.16. The number of H-pyrrole nitrogens is 1. The monoisotopic (exact) mass is 418 g/mol. The maximum absolute atomic E-state index is 12.9. The first-order valence-electron chi connectivity index (χ1n) is 8.86. The fraction of sp³-hybridized carbons (Fsp3) is 0.250. The normalized spacial score (nSPS) is 12.4. The van der Waals surface area contributed by atoms with Crippen LogP contribution in [-0.2, 0) is 6.18 Å². The lowest BCUT2D eigenvalue weighted by atomic mass is 9.93. The van der Waals surface area contributed by atoms with Crippen LogP contribution in [0.2, 0.25) is 0 Å². The van der Waals surface area contributed by atoms with E-state index in [0.29, 0.717) is 5.56 Å². The maximum atomic E-state index is 12.9. The highest BCUT2D eigenvalue weighted by Crippen LogP contribution is 2.36. The number of hydrogen-bond donors (Lipinski definition) is 1. The van der Waals surface area contributed by atoms with Gasteiger partial charge in [0.15, 0.2) is 17.4 Å². The molecule has 3 aromatic rings. The van der Waals surface area contributed by atoms with Crippen LogP contribution >= 0.6 is 0 Å². The molecule has 0 aliphatic carbocycles. The summed E-state index contributed by atoms with van der Waals surface area (Å²) in [7, 11) is 1.26. The predicted molar refractivity (Wildman–Crippen MR) is 101 cm³/mol. The van der Waals surface area contributed by atoms with E-state index in [1.807, 2.05) is 0 Å². The number of Topliss-reactive ketones (excluding diaryl/α,β-unsaturated/α-hetero) is 1. The Balaban J connectivity index is 1.86. The highest BCUT2D eigenvalue weighted by atomic mass is 19.4. The van der Waals surface area contributed by atoms with Crippen molar-refractivity contribution in [3.63, 3.8) is 0 Å². The Morgan fingerprint density at radius 2 is 1.90 bits per heavy atom. The summed E-state index contributed by atoms with van der Waals surface area (Å²) in [5, 5.41) is 0. The van der Waals surface area contributed by atoms with Crippen molar-refractivity contribution in [1.82, 2.24) is 19.9 Å². The Morgan fingerprint density at radius 3 is 2.53 bits per heavy atom. The van der Waals surface area contributed by atoms with E-state index in [0.717, 1.165) is 18.2 Å². The van der Waals surface area contributed by atoms with Crippen LogP contribution in [0.4, 0.5) is 13.2 Å². The number of ether oxygens (including phenoxy) is 1. The van der Waals surface area contributed by atoms with Crippen molar-refractivity contribution in [3.8, 4) is 17.4 Å². The highest BCUT2D eigenvalue weighted by Gasteiger charge is 2.32. The van der Waals surface area contributed by atoms with Crippen LogP contribution in [0.1, 0.15) is 40.9 Å². The van der Waals surface area contributed by atoms with E-state index < -0.39 is 29.0 Å². The van der Waals surface area contributed by atoms with Crippen molar-refractivity contribution in [2.24, 2.45) is 0 Å². The number of benzene rings is 1. The maximum Gasteiger partial charge on any atom is 0.416 e. The Labute approximate surface area is 169 Å². The molecule has 30 heavy (non-hydrogen) atoms. The molecule has 0 aliphatic heterocycles.